The molecule has 0 unspecified atom stereocenters. The topological polar surface area (TPSA) is 106 Å². The number of benzene rings is 2. The van der Waals surface area contributed by atoms with Crippen molar-refractivity contribution in [2.75, 3.05) is 25.1 Å². The lowest BCUT2D eigenvalue weighted by molar-refractivity contribution is -0.495. The molecule has 3 aromatic heterocycles. The molecule has 1 aliphatic carbocycles. The van der Waals surface area contributed by atoms with E-state index in [1.165, 1.54) is 0 Å². The Labute approximate surface area is 255 Å². The van der Waals surface area contributed by atoms with Crippen LogP contribution in [0, 0.1) is 0 Å². The Morgan fingerprint density at radius 2 is 1.75 bits per heavy atom. The lowest BCUT2D eigenvalue weighted by Gasteiger charge is -2.60. The van der Waals surface area contributed by atoms with Crippen molar-refractivity contribution in [1.82, 2.24) is 19.7 Å². The predicted octanol–water partition coefficient (Wildman–Crippen LogP) is 5.77. The van der Waals surface area contributed by atoms with Crippen LogP contribution in [0.15, 0.2) is 79.1 Å². The second-order valence-corrected chi connectivity index (χ2v) is 12.6. The third-order valence-electron chi connectivity index (χ3n) is 8.71. The zero-order valence-corrected chi connectivity index (χ0v) is 25.4. The quantitative estimate of drug-likeness (QED) is 0.241. The van der Waals surface area contributed by atoms with Crippen LogP contribution in [0.3, 0.4) is 0 Å². The molecule has 0 radical (unpaired) electrons. The van der Waals surface area contributed by atoms with Gasteiger partial charge in [0.05, 0.1) is 35.9 Å². The van der Waals surface area contributed by atoms with E-state index in [1.54, 1.807) is 4.90 Å². The van der Waals surface area contributed by atoms with E-state index in [9.17, 15) is 9.90 Å². The molecule has 1 spiro atoms. The van der Waals surface area contributed by atoms with Crippen LogP contribution < -0.4 is 9.72 Å². The van der Waals surface area contributed by atoms with Crippen LogP contribution >= 0.6 is 0 Å². The van der Waals surface area contributed by atoms with Gasteiger partial charge < -0.3 is 14.6 Å². The Hall–Kier alpha value is -4.54. The standard InChI is InChI=1S/C34H36N6O4/c1-5-35-30-37-39(29-27-19-24(23-9-7-6-8-10-23)20-36-28(27)15-16-38(29)30)26-13-11-25(12-14-26)33(40(31(41)42)32(2,3)4)21-34(22-33)43-17-18-44-34/h6-16,19-20H,5,17-18,21-22H2,1-4H3,(H-,35,37,41,42)/p+1. The summed E-state index contributed by atoms with van der Waals surface area (Å²) in [6.45, 7) is 9.58. The zero-order chi connectivity index (χ0) is 30.7. The van der Waals surface area contributed by atoms with Gasteiger partial charge in [-0.05, 0) is 63.1 Å². The first kappa shape index (κ1) is 28.2. The maximum Gasteiger partial charge on any atom is 0.408 e. The van der Waals surface area contributed by atoms with Crippen molar-refractivity contribution >= 4 is 28.6 Å². The van der Waals surface area contributed by atoms with Crippen molar-refractivity contribution in [3.05, 3.63) is 84.7 Å². The summed E-state index contributed by atoms with van der Waals surface area (Å²) in [6, 6.07) is 22.4. The molecule has 1 amide bonds. The van der Waals surface area contributed by atoms with Crippen LogP contribution in [-0.4, -0.2) is 61.9 Å². The number of hydrogen-bond donors (Lipinski definition) is 2. The minimum Gasteiger partial charge on any atom is -0.465 e. The number of anilines is 1. The van der Waals surface area contributed by atoms with Gasteiger partial charge in [-0.3, -0.25) is 15.2 Å². The van der Waals surface area contributed by atoms with E-state index in [0.29, 0.717) is 32.6 Å². The number of amides is 1. The second kappa shape index (κ2) is 10.3. The van der Waals surface area contributed by atoms with E-state index in [0.717, 1.165) is 44.9 Å². The number of rotatable bonds is 6. The molecule has 1 aliphatic heterocycles. The molecule has 2 fully saturated rings. The Bertz CT molecular complexity index is 1850. The first-order chi connectivity index (χ1) is 21.1. The van der Waals surface area contributed by atoms with E-state index in [1.807, 2.05) is 97.7 Å². The van der Waals surface area contributed by atoms with Crippen LogP contribution in [0.2, 0.25) is 0 Å². The van der Waals surface area contributed by atoms with Crippen molar-refractivity contribution in [3.63, 3.8) is 0 Å². The average Bonchev–Trinajstić information content (AvgIpc) is 3.62. The van der Waals surface area contributed by atoms with Crippen molar-refractivity contribution in [2.24, 2.45) is 0 Å². The number of aromatic nitrogens is 4. The molecule has 1 saturated carbocycles. The summed E-state index contributed by atoms with van der Waals surface area (Å²) in [5.74, 6) is -0.0217. The molecule has 10 heteroatoms. The van der Waals surface area contributed by atoms with Gasteiger partial charge in [0.15, 0.2) is 5.79 Å². The van der Waals surface area contributed by atoms with Crippen LogP contribution in [0.5, 0.6) is 0 Å². The molecule has 5 aromatic rings. The molecule has 2 N–H and O–H groups in total. The summed E-state index contributed by atoms with van der Waals surface area (Å²) in [5.41, 5.74) is 4.18. The largest absolute Gasteiger partial charge is 0.465 e. The van der Waals surface area contributed by atoms with Crippen molar-refractivity contribution in [3.8, 4) is 16.8 Å². The Balaban J connectivity index is 1.36. The molecule has 4 heterocycles. The van der Waals surface area contributed by atoms with E-state index in [-0.39, 0.29) is 0 Å². The molecule has 2 aromatic carbocycles. The van der Waals surface area contributed by atoms with Gasteiger partial charge in [0.25, 0.3) is 0 Å². The van der Waals surface area contributed by atoms with Gasteiger partial charge in [-0.15, -0.1) is 4.68 Å². The highest BCUT2D eigenvalue weighted by atomic mass is 16.7. The normalized spacial score (nSPS) is 17.2. The highest BCUT2D eigenvalue weighted by Gasteiger charge is 2.64. The van der Waals surface area contributed by atoms with Crippen molar-refractivity contribution < 1.29 is 23.8 Å². The smallest absolute Gasteiger partial charge is 0.408 e. The highest BCUT2D eigenvalue weighted by molar-refractivity contribution is 5.93. The van der Waals surface area contributed by atoms with Gasteiger partial charge in [0.1, 0.15) is 5.69 Å². The van der Waals surface area contributed by atoms with Gasteiger partial charge in [0, 0.05) is 41.8 Å². The molecule has 2 aliphatic rings. The third-order valence-corrected chi connectivity index (χ3v) is 8.71. The van der Waals surface area contributed by atoms with Crippen molar-refractivity contribution in [2.45, 2.75) is 57.4 Å². The van der Waals surface area contributed by atoms with Crippen LogP contribution in [-0.2, 0) is 15.0 Å². The number of carboxylic acid groups (broad SMARTS) is 1. The van der Waals surface area contributed by atoms with Crippen LogP contribution in [0.1, 0.15) is 46.1 Å². The fourth-order valence-electron chi connectivity index (χ4n) is 7.01. The van der Waals surface area contributed by atoms with E-state index in [2.05, 4.69) is 23.5 Å². The molecular formula is C34H37N6O4+. The number of carbonyl (C=O) groups is 1. The molecule has 10 nitrogen and oxygen atoms in total. The summed E-state index contributed by atoms with van der Waals surface area (Å²) in [6.07, 6.45) is 3.80. The Kier molecular flexibility index (Phi) is 6.60. The monoisotopic (exact) mass is 593 g/mol. The summed E-state index contributed by atoms with van der Waals surface area (Å²) in [5, 5.41) is 19.8. The highest BCUT2D eigenvalue weighted by Crippen LogP contribution is 2.57. The molecule has 0 bridgehead atoms. The Morgan fingerprint density at radius 1 is 1.05 bits per heavy atom. The number of ether oxygens (including phenoxy) is 2. The lowest BCUT2D eigenvalue weighted by atomic mass is 9.64. The number of nitrogens with zero attached hydrogens (tertiary/aromatic N) is 5. The maximum absolute atomic E-state index is 12.7. The van der Waals surface area contributed by atoms with E-state index < -0.39 is 23.0 Å². The number of fused-ring (bicyclic) bond motifs is 3. The average molecular weight is 594 g/mol. The number of pyridine rings is 2. The molecule has 226 valence electrons. The summed E-state index contributed by atoms with van der Waals surface area (Å²) in [7, 11) is 0. The Morgan fingerprint density at radius 3 is 2.39 bits per heavy atom. The zero-order valence-electron chi connectivity index (χ0n) is 25.4. The van der Waals surface area contributed by atoms with Crippen molar-refractivity contribution in [1.29, 1.82) is 0 Å². The number of hydrogen-bond acceptors (Lipinski definition) is 6. The van der Waals surface area contributed by atoms with Gasteiger partial charge in [-0.25, -0.2) is 4.79 Å². The number of nitrogens with one attached hydrogen (secondary N) is 1. The van der Waals surface area contributed by atoms with Crippen LogP contribution in [0.25, 0.3) is 33.4 Å². The molecule has 7 rings (SSSR count). The molecule has 44 heavy (non-hydrogen) atoms. The first-order valence-corrected chi connectivity index (χ1v) is 15.1. The maximum atomic E-state index is 12.7. The van der Waals surface area contributed by atoms with Crippen LogP contribution in [0.4, 0.5) is 10.7 Å². The van der Waals surface area contributed by atoms with Gasteiger partial charge in [-0.2, -0.15) is 4.40 Å². The minimum atomic E-state index is -0.965. The first-order valence-electron chi connectivity index (χ1n) is 15.1. The lowest BCUT2D eigenvalue weighted by Crippen LogP contribution is -2.68. The van der Waals surface area contributed by atoms with Gasteiger partial charge >= 0.3 is 12.0 Å². The van der Waals surface area contributed by atoms with Gasteiger partial charge in [-0.1, -0.05) is 42.5 Å². The summed E-state index contributed by atoms with van der Waals surface area (Å²) >= 11 is 0. The van der Waals surface area contributed by atoms with E-state index >= 15 is 0 Å². The summed E-state index contributed by atoms with van der Waals surface area (Å²) in [4.78, 5) is 19.1. The SMILES string of the molecule is CCNc1nn(-c2ccc(C3(N(C(=O)O)C(C)(C)C)CC4(C3)OCCO4)cc2)c2c3cc(-c4ccccc4)cnc3cc[n+]12. The third kappa shape index (κ3) is 4.48. The second-order valence-electron chi connectivity index (χ2n) is 12.6. The van der Waals surface area contributed by atoms with Gasteiger partial charge in [0.2, 0.25) is 5.65 Å². The fourth-order valence-corrected chi connectivity index (χ4v) is 7.01. The molecule has 0 atom stereocenters. The molecule has 1 saturated heterocycles. The van der Waals surface area contributed by atoms with E-state index in [4.69, 9.17) is 19.6 Å². The fraction of sp³-hybridized carbons (Fsp3) is 0.353. The summed E-state index contributed by atoms with van der Waals surface area (Å²) < 4.78 is 15.9. The minimum absolute atomic E-state index is 0.437. The predicted molar refractivity (Wildman–Crippen MR) is 167 cm³/mol. The molecular weight excluding hydrogens is 556 g/mol.